The molecule has 4 heterocycles. The van der Waals surface area contributed by atoms with Crippen LogP contribution in [0.3, 0.4) is 0 Å². The molecular weight excluding hydrogens is 422 g/mol. The van der Waals surface area contributed by atoms with Crippen LogP contribution in [0.25, 0.3) is 0 Å². The summed E-state index contributed by atoms with van der Waals surface area (Å²) in [7, 11) is -3.57. The van der Waals surface area contributed by atoms with Crippen LogP contribution in [0.4, 0.5) is 5.82 Å². The summed E-state index contributed by atoms with van der Waals surface area (Å²) in [6.07, 6.45) is 2.99. The van der Waals surface area contributed by atoms with E-state index in [9.17, 15) is 18.0 Å². The Hall–Kier alpha value is -2.76. The summed E-state index contributed by atoms with van der Waals surface area (Å²) in [5.74, 6) is 0.570. The van der Waals surface area contributed by atoms with Crippen LogP contribution >= 0.6 is 0 Å². The lowest BCUT2D eigenvalue weighted by molar-refractivity contribution is -0.132. The summed E-state index contributed by atoms with van der Waals surface area (Å²) in [5.41, 5.74) is -0.203. The molecule has 2 aromatic rings. The van der Waals surface area contributed by atoms with Gasteiger partial charge in [0.25, 0.3) is 5.56 Å². The molecule has 10 nitrogen and oxygen atoms in total. The van der Waals surface area contributed by atoms with Crippen LogP contribution in [0.5, 0.6) is 0 Å². The van der Waals surface area contributed by atoms with Crippen molar-refractivity contribution in [2.24, 2.45) is 0 Å². The lowest BCUT2D eigenvalue weighted by Gasteiger charge is -2.35. The minimum absolute atomic E-state index is 0.0199. The molecule has 0 aromatic carbocycles. The molecule has 0 aliphatic carbocycles. The average molecular weight is 448 g/mol. The molecule has 0 N–H and O–H groups in total. The maximum Gasteiger partial charge on any atom is 0.250 e. The Morgan fingerprint density at radius 2 is 1.74 bits per heavy atom. The zero-order chi connectivity index (χ0) is 21.8. The molecule has 1 amide bonds. The predicted octanol–water partition coefficient (Wildman–Crippen LogP) is -0.387. The third kappa shape index (κ3) is 4.78. The molecule has 2 saturated heterocycles. The molecule has 0 radical (unpaired) electrons. The molecule has 2 aromatic heterocycles. The molecule has 0 unspecified atom stereocenters. The minimum Gasteiger partial charge on any atom is -0.379 e. The summed E-state index contributed by atoms with van der Waals surface area (Å²) in [6, 6.07) is 8.08. The van der Waals surface area contributed by atoms with Crippen molar-refractivity contribution in [1.29, 1.82) is 0 Å². The second kappa shape index (κ2) is 9.16. The Bertz CT molecular complexity index is 1070. The highest BCUT2D eigenvalue weighted by Gasteiger charge is 2.27. The van der Waals surface area contributed by atoms with Crippen molar-refractivity contribution in [2.45, 2.75) is 11.4 Å². The van der Waals surface area contributed by atoms with E-state index < -0.39 is 10.0 Å². The van der Waals surface area contributed by atoms with Gasteiger partial charge < -0.3 is 19.1 Å². The smallest absolute Gasteiger partial charge is 0.250 e. The van der Waals surface area contributed by atoms with Gasteiger partial charge in [0.15, 0.2) is 0 Å². The van der Waals surface area contributed by atoms with E-state index in [4.69, 9.17) is 4.74 Å². The van der Waals surface area contributed by atoms with Gasteiger partial charge in [-0.2, -0.15) is 4.31 Å². The topological polar surface area (TPSA) is 105 Å². The lowest BCUT2D eigenvalue weighted by atomic mass is 10.3. The third-order valence-electron chi connectivity index (χ3n) is 5.49. The van der Waals surface area contributed by atoms with Gasteiger partial charge in [0, 0.05) is 57.7 Å². The molecule has 0 spiro atoms. The average Bonchev–Trinajstić information content (AvgIpc) is 2.81. The first-order valence-electron chi connectivity index (χ1n) is 10.2. The van der Waals surface area contributed by atoms with Crippen LogP contribution in [0.2, 0.25) is 0 Å². The highest BCUT2D eigenvalue weighted by molar-refractivity contribution is 7.89. The van der Waals surface area contributed by atoms with Crippen LogP contribution in [-0.2, 0) is 26.1 Å². The fourth-order valence-corrected chi connectivity index (χ4v) is 5.02. The molecule has 2 aliphatic rings. The van der Waals surface area contributed by atoms with Crippen molar-refractivity contribution in [2.75, 3.05) is 57.4 Å². The number of anilines is 1. The predicted molar refractivity (Wildman–Crippen MR) is 113 cm³/mol. The van der Waals surface area contributed by atoms with E-state index in [1.165, 1.54) is 21.1 Å². The zero-order valence-electron chi connectivity index (χ0n) is 17.1. The van der Waals surface area contributed by atoms with Gasteiger partial charge in [-0.3, -0.25) is 9.59 Å². The number of aromatic nitrogens is 2. The fraction of sp³-hybridized carbons (Fsp3) is 0.450. The van der Waals surface area contributed by atoms with E-state index in [1.54, 1.807) is 35.4 Å². The number of nitrogens with zero attached hydrogens (tertiary/aromatic N) is 5. The molecule has 0 saturated carbocycles. The maximum absolute atomic E-state index is 12.7. The summed E-state index contributed by atoms with van der Waals surface area (Å²) >= 11 is 0. The van der Waals surface area contributed by atoms with Gasteiger partial charge in [0.2, 0.25) is 15.9 Å². The van der Waals surface area contributed by atoms with Crippen molar-refractivity contribution in [3.05, 3.63) is 53.1 Å². The van der Waals surface area contributed by atoms with Gasteiger partial charge in [0.1, 0.15) is 17.3 Å². The van der Waals surface area contributed by atoms with E-state index in [2.05, 4.69) is 4.98 Å². The Kier molecular flexibility index (Phi) is 6.35. The van der Waals surface area contributed by atoms with Crippen LogP contribution in [-0.4, -0.2) is 85.6 Å². The number of hydrogen-bond acceptors (Lipinski definition) is 7. The molecule has 0 bridgehead atoms. The van der Waals surface area contributed by atoms with E-state index in [0.29, 0.717) is 58.3 Å². The van der Waals surface area contributed by atoms with Gasteiger partial charge in [0.05, 0.1) is 13.2 Å². The van der Waals surface area contributed by atoms with E-state index in [1.807, 2.05) is 4.90 Å². The monoisotopic (exact) mass is 447 g/mol. The van der Waals surface area contributed by atoms with Crippen LogP contribution < -0.4 is 10.5 Å². The standard InChI is InChI=1S/C20H25N5O5S/c26-19-3-1-2-6-24(19)16-20(27)23-9-7-22(8-10-23)18-5-4-17(15-21-18)31(28,29)25-11-13-30-14-12-25/h1-6,15H,7-14,16H2. The lowest BCUT2D eigenvalue weighted by Crippen LogP contribution is -2.50. The number of sulfonamides is 1. The van der Waals surface area contributed by atoms with Gasteiger partial charge in [-0.15, -0.1) is 0 Å². The summed E-state index contributed by atoms with van der Waals surface area (Å²) in [4.78, 5) is 32.6. The second-order valence-electron chi connectivity index (χ2n) is 7.40. The number of piperazine rings is 1. The van der Waals surface area contributed by atoms with Crippen molar-refractivity contribution >= 4 is 21.7 Å². The molecule has 2 fully saturated rings. The first-order valence-corrected chi connectivity index (χ1v) is 11.6. The number of morpholine rings is 1. The number of hydrogen-bond donors (Lipinski definition) is 0. The van der Waals surface area contributed by atoms with Crippen molar-refractivity contribution in [3.63, 3.8) is 0 Å². The van der Waals surface area contributed by atoms with Crippen LogP contribution in [0.1, 0.15) is 0 Å². The Morgan fingerprint density at radius 3 is 2.39 bits per heavy atom. The molecule has 166 valence electrons. The summed E-state index contributed by atoms with van der Waals surface area (Å²) in [6.45, 7) is 3.68. The summed E-state index contributed by atoms with van der Waals surface area (Å²) < 4.78 is 33.5. The molecule has 31 heavy (non-hydrogen) atoms. The quantitative estimate of drug-likeness (QED) is 0.615. The highest BCUT2D eigenvalue weighted by Crippen LogP contribution is 2.20. The van der Waals surface area contributed by atoms with Crippen LogP contribution in [0.15, 0.2) is 52.4 Å². The van der Waals surface area contributed by atoms with Gasteiger partial charge >= 0.3 is 0 Å². The fourth-order valence-electron chi connectivity index (χ4n) is 3.67. The van der Waals surface area contributed by atoms with E-state index in [-0.39, 0.29) is 22.9 Å². The number of carbonyl (C=O) groups excluding carboxylic acids is 1. The first-order chi connectivity index (χ1) is 14.9. The Morgan fingerprint density at radius 1 is 1.00 bits per heavy atom. The molecule has 4 rings (SSSR count). The number of pyridine rings is 2. The van der Waals surface area contributed by atoms with Crippen molar-refractivity contribution in [3.8, 4) is 0 Å². The third-order valence-corrected chi connectivity index (χ3v) is 7.37. The van der Waals surface area contributed by atoms with E-state index in [0.717, 1.165) is 0 Å². The Labute approximate surface area is 180 Å². The number of ether oxygens (including phenoxy) is 1. The molecule has 11 heteroatoms. The largest absolute Gasteiger partial charge is 0.379 e. The maximum atomic E-state index is 12.7. The van der Waals surface area contributed by atoms with Crippen molar-refractivity contribution < 1.29 is 17.9 Å². The molecule has 0 atom stereocenters. The zero-order valence-corrected chi connectivity index (χ0v) is 17.9. The van der Waals surface area contributed by atoms with Gasteiger partial charge in [-0.25, -0.2) is 13.4 Å². The molecule has 2 aliphatic heterocycles. The highest BCUT2D eigenvalue weighted by atomic mass is 32.2. The SMILES string of the molecule is O=C(Cn1ccccc1=O)N1CCN(c2ccc(S(=O)(=O)N3CCOCC3)cn2)CC1. The second-order valence-corrected chi connectivity index (χ2v) is 9.34. The van der Waals surface area contributed by atoms with E-state index >= 15 is 0 Å². The summed E-state index contributed by atoms with van der Waals surface area (Å²) in [5, 5.41) is 0. The normalized spacial score (nSPS) is 18.2. The number of rotatable bonds is 5. The van der Waals surface area contributed by atoms with Crippen LogP contribution in [0, 0.1) is 0 Å². The minimum atomic E-state index is -3.57. The van der Waals surface area contributed by atoms with Crippen molar-refractivity contribution in [1.82, 2.24) is 18.8 Å². The molecular formula is C20H25N5O5S. The first kappa shape index (κ1) is 21.5. The van der Waals surface area contributed by atoms with Gasteiger partial charge in [-0.1, -0.05) is 6.07 Å². The number of amides is 1. The van der Waals surface area contributed by atoms with Gasteiger partial charge in [-0.05, 0) is 18.2 Å². The Balaban J connectivity index is 1.35. The number of carbonyl (C=O) groups is 1.